The van der Waals surface area contributed by atoms with Crippen LogP contribution in [0.15, 0.2) is 60.8 Å². The Kier molecular flexibility index (Phi) is 37.8. The average Bonchev–Trinajstić information content (AvgIpc) is 3.17. The molecule has 8 nitrogen and oxygen atoms in total. The zero-order chi connectivity index (χ0) is 42.1. The number of likely N-dealkylation sites (N-methyl/N-ethyl adjacent to an activating group) is 1. The van der Waals surface area contributed by atoms with Gasteiger partial charge in [0.1, 0.15) is 12.6 Å². The Hall–Kier alpha value is -2.97. The first-order valence-electron chi connectivity index (χ1n) is 22.8. The van der Waals surface area contributed by atoms with Gasteiger partial charge in [0, 0.05) is 12.8 Å². The number of hydrogen-bond acceptors (Lipinski definition) is 7. The molecule has 2 unspecified atom stereocenters. The standard InChI is InChI=1S/C49H85NO7/c1-6-8-10-12-14-16-18-20-22-23-24-26-27-29-31-33-35-37-39-47(51)56-44-45(43-55-42-41-46(49(53)54)50(3,4)5)57-48(52)40-38-36-34-32-30-28-25-21-19-17-15-13-11-9-7-2/h9,11,15,17,21,25,30,32,36,38,45-46H,6-8,10,12-14,16,18-20,22-24,26-29,31,33-35,37,39-44H2,1-5H3/b11-9-,17-15-,25-21-,32-30-,38-36-. The maximum Gasteiger partial charge on any atom is 0.310 e. The smallest absolute Gasteiger partial charge is 0.310 e. The molecule has 0 aromatic rings. The summed E-state index contributed by atoms with van der Waals surface area (Å²) in [5.41, 5.74) is 0. The predicted molar refractivity (Wildman–Crippen MR) is 236 cm³/mol. The Bertz CT molecular complexity index is 1120. The summed E-state index contributed by atoms with van der Waals surface area (Å²) in [7, 11) is 5.37. The minimum atomic E-state index is -1.14. The van der Waals surface area contributed by atoms with Gasteiger partial charge in [0.15, 0.2) is 6.10 Å². The van der Waals surface area contributed by atoms with E-state index in [9.17, 15) is 19.5 Å². The van der Waals surface area contributed by atoms with Crippen molar-refractivity contribution in [1.82, 2.24) is 0 Å². The Morgan fingerprint density at radius 1 is 0.544 bits per heavy atom. The molecule has 0 fully saturated rings. The summed E-state index contributed by atoms with van der Waals surface area (Å²) in [6.07, 6.45) is 48.5. The molecule has 0 spiro atoms. The van der Waals surface area contributed by atoms with Crippen LogP contribution in [0, 0.1) is 0 Å². The van der Waals surface area contributed by atoms with Crippen molar-refractivity contribution in [3.05, 3.63) is 60.8 Å². The number of carboxylic acids is 1. The fourth-order valence-electron chi connectivity index (χ4n) is 6.44. The zero-order valence-corrected chi connectivity index (χ0v) is 37.2. The number of rotatable bonds is 40. The molecule has 328 valence electrons. The van der Waals surface area contributed by atoms with Gasteiger partial charge < -0.3 is 28.6 Å². The summed E-state index contributed by atoms with van der Waals surface area (Å²) in [4.78, 5) is 36.8. The highest BCUT2D eigenvalue weighted by molar-refractivity contribution is 5.71. The van der Waals surface area contributed by atoms with Gasteiger partial charge in [0.05, 0.1) is 46.7 Å². The largest absolute Gasteiger partial charge is 0.544 e. The first-order valence-corrected chi connectivity index (χ1v) is 22.8. The number of unbranched alkanes of at least 4 members (excludes halogenated alkanes) is 17. The monoisotopic (exact) mass is 800 g/mol. The SMILES string of the molecule is CC/C=C\C/C=C\C/C=C\C/C=C\C/C=C\CC(=O)OC(COCCC(C(=O)[O-])[N+](C)(C)C)COC(=O)CCCCCCCCCCCCCCCCCCCC. The second kappa shape index (κ2) is 39.8. The van der Waals surface area contributed by atoms with E-state index in [0.29, 0.717) is 12.8 Å². The van der Waals surface area contributed by atoms with Crippen molar-refractivity contribution in [2.45, 2.75) is 193 Å². The van der Waals surface area contributed by atoms with Crippen LogP contribution in [0.4, 0.5) is 0 Å². The predicted octanol–water partition coefficient (Wildman–Crippen LogP) is 11.2. The van der Waals surface area contributed by atoms with Gasteiger partial charge in [0.2, 0.25) is 0 Å². The lowest BCUT2D eigenvalue weighted by molar-refractivity contribution is -0.889. The van der Waals surface area contributed by atoms with E-state index in [4.69, 9.17) is 14.2 Å². The maximum absolute atomic E-state index is 12.7. The molecular weight excluding hydrogens is 715 g/mol. The molecule has 8 heteroatoms. The molecule has 57 heavy (non-hydrogen) atoms. The number of carboxylic acid groups (broad SMARTS) is 1. The van der Waals surface area contributed by atoms with Gasteiger partial charge in [-0.2, -0.15) is 0 Å². The highest BCUT2D eigenvalue weighted by Gasteiger charge is 2.25. The Morgan fingerprint density at radius 3 is 1.39 bits per heavy atom. The van der Waals surface area contributed by atoms with Gasteiger partial charge in [-0.15, -0.1) is 0 Å². The van der Waals surface area contributed by atoms with Gasteiger partial charge in [-0.3, -0.25) is 9.59 Å². The number of quaternary nitrogens is 1. The first-order chi connectivity index (χ1) is 27.6. The Morgan fingerprint density at radius 2 is 0.965 bits per heavy atom. The molecule has 0 rings (SSSR count). The van der Waals surface area contributed by atoms with Crippen LogP contribution in [0.1, 0.15) is 181 Å². The first kappa shape index (κ1) is 54.0. The molecule has 0 aliphatic carbocycles. The third-order valence-electron chi connectivity index (χ3n) is 9.95. The summed E-state index contributed by atoms with van der Waals surface area (Å²) in [6.45, 7) is 4.45. The molecule has 0 aliphatic rings. The third kappa shape index (κ3) is 38.3. The van der Waals surface area contributed by atoms with Gasteiger partial charge in [-0.25, -0.2) is 0 Å². The molecule has 0 aromatic carbocycles. The topological polar surface area (TPSA) is 102 Å². The highest BCUT2D eigenvalue weighted by atomic mass is 16.6. The number of ether oxygens (including phenoxy) is 3. The van der Waals surface area contributed by atoms with Gasteiger partial charge in [0.25, 0.3) is 0 Å². The molecule has 0 aliphatic heterocycles. The normalized spacial score (nSPS) is 13.5. The van der Waals surface area contributed by atoms with Crippen molar-refractivity contribution in [3.63, 3.8) is 0 Å². The van der Waals surface area contributed by atoms with Gasteiger partial charge in [-0.1, -0.05) is 184 Å². The Labute approximate surface area is 349 Å². The van der Waals surface area contributed by atoms with Crippen molar-refractivity contribution in [3.8, 4) is 0 Å². The van der Waals surface area contributed by atoms with E-state index < -0.39 is 24.1 Å². The summed E-state index contributed by atoms with van der Waals surface area (Å²) < 4.78 is 17.1. The van der Waals surface area contributed by atoms with E-state index in [1.54, 1.807) is 27.2 Å². The molecule has 0 bridgehead atoms. The fraction of sp³-hybridized carbons (Fsp3) is 0.735. The van der Waals surface area contributed by atoms with E-state index in [1.165, 1.54) is 96.3 Å². The van der Waals surface area contributed by atoms with E-state index >= 15 is 0 Å². The molecule has 0 amide bonds. The van der Waals surface area contributed by atoms with E-state index in [-0.39, 0.29) is 43.1 Å². The second-order valence-corrected chi connectivity index (χ2v) is 16.3. The summed E-state index contributed by atoms with van der Waals surface area (Å²) in [5, 5.41) is 11.6. The van der Waals surface area contributed by atoms with Crippen molar-refractivity contribution in [1.29, 1.82) is 0 Å². The van der Waals surface area contributed by atoms with Crippen LogP contribution in [0.25, 0.3) is 0 Å². The van der Waals surface area contributed by atoms with E-state index in [0.717, 1.165) is 44.9 Å². The number of carbonyl (C=O) groups excluding carboxylic acids is 3. The molecule has 0 heterocycles. The number of esters is 2. The average molecular weight is 800 g/mol. The van der Waals surface area contributed by atoms with Crippen molar-refractivity contribution >= 4 is 17.9 Å². The van der Waals surface area contributed by atoms with Crippen LogP contribution in [-0.2, 0) is 28.6 Å². The van der Waals surface area contributed by atoms with Crippen LogP contribution < -0.4 is 5.11 Å². The van der Waals surface area contributed by atoms with Gasteiger partial charge in [-0.05, 0) is 38.5 Å². The number of hydrogen-bond donors (Lipinski definition) is 0. The molecule has 0 N–H and O–H groups in total. The molecule has 2 atom stereocenters. The van der Waals surface area contributed by atoms with Crippen LogP contribution in [-0.4, -0.2) is 75.5 Å². The summed E-state index contributed by atoms with van der Waals surface area (Å²) in [5.74, 6) is -1.89. The quantitative estimate of drug-likeness (QED) is 0.0263. The van der Waals surface area contributed by atoms with Crippen LogP contribution in [0.3, 0.4) is 0 Å². The van der Waals surface area contributed by atoms with Crippen molar-refractivity contribution in [2.75, 3.05) is 41.0 Å². The summed E-state index contributed by atoms with van der Waals surface area (Å²) in [6, 6.07) is -0.742. The number of carbonyl (C=O) groups is 3. The van der Waals surface area contributed by atoms with E-state index in [1.807, 2.05) is 6.08 Å². The van der Waals surface area contributed by atoms with Crippen LogP contribution in [0.5, 0.6) is 0 Å². The minimum absolute atomic E-state index is 0.000784. The molecule has 0 aromatic heterocycles. The van der Waals surface area contributed by atoms with Crippen molar-refractivity contribution in [2.24, 2.45) is 0 Å². The van der Waals surface area contributed by atoms with Gasteiger partial charge >= 0.3 is 11.9 Å². The number of nitrogens with zero attached hydrogens (tertiary/aromatic N) is 1. The lowest BCUT2D eigenvalue weighted by atomic mass is 10.0. The molecular formula is C49H85NO7. The minimum Gasteiger partial charge on any atom is -0.544 e. The third-order valence-corrected chi connectivity index (χ3v) is 9.95. The lowest BCUT2D eigenvalue weighted by Gasteiger charge is -2.34. The second-order valence-electron chi connectivity index (χ2n) is 16.3. The van der Waals surface area contributed by atoms with Crippen LogP contribution in [0.2, 0.25) is 0 Å². The molecule has 0 radical (unpaired) electrons. The fourth-order valence-corrected chi connectivity index (χ4v) is 6.44. The maximum atomic E-state index is 12.7. The zero-order valence-electron chi connectivity index (χ0n) is 37.2. The molecule has 0 saturated carbocycles. The highest BCUT2D eigenvalue weighted by Crippen LogP contribution is 2.15. The van der Waals surface area contributed by atoms with E-state index in [2.05, 4.69) is 62.5 Å². The molecule has 0 saturated heterocycles. The number of aliphatic carboxylic acids is 1. The van der Waals surface area contributed by atoms with Crippen LogP contribution >= 0.6 is 0 Å². The van der Waals surface area contributed by atoms with Crippen molar-refractivity contribution < 1.29 is 38.2 Å². The Balaban J connectivity index is 4.41. The lowest BCUT2D eigenvalue weighted by Crippen LogP contribution is -2.55. The summed E-state index contributed by atoms with van der Waals surface area (Å²) >= 11 is 0. The number of allylic oxidation sites excluding steroid dienone is 9.